The third kappa shape index (κ3) is 1.73. The summed E-state index contributed by atoms with van der Waals surface area (Å²) < 4.78 is 0. The molecule has 6 heteroatoms. The number of fused-ring (bicyclic) bond motifs is 1. The third-order valence-corrected chi connectivity index (χ3v) is 2.66. The Morgan fingerprint density at radius 1 is 1.22 bits per heavy atom. The van der Waals surface area contributed by atoms with Gasteiger partial charge in [0.25, 0.3) is 0 Å². The molecule has 0 bridgehead atoms. The molecule has 0 saturated heterocycles. The lowest BCUT2D eigenvalue weighted by Gasteiger charge is -1.96. The number of rotatable bonds is 2. The lowest BCUT2D eigenvalue weighted by molar-refractivity contribution is 1.27. The molecule has 3 rings (SSSR count). The molecule has 3 aromatic rings. The molecule has 0 aromatic carbocycles. The van der Waals surface area contributed by atoms with Gasteiger partial charge < -0.3 is 16.0 Å². The molecule has 0 aliphatic rings. The maximum Gasteiger partial charge on any atom is 0.180 e. The Hall–Kier alpha value is -2.63. The Morgan fingerprint density at radius 3 is 2.89 bits per heavy atom. The molecule has 6 nitrogen and oxygen atoms in total. The van der Waals surface area contributed by atoms with Crippen LogP contribution < -0.4 is 11.1 Å². The SMILES string of the molecule is CNc1ccc2[nH]c(-c3ccnc(N)c3)nc2n1. The Bertz CT molecular complexity index is 703. The number of hydrogen-bond donors (Lipinski definition) is 3. The zero-order valence-electron chi connectivity index (χ0n) is 9.81. The minimum atomic E-state index is 0.469. The fourth-order valence-electron chi connectivity index (χ4n) is 1.76. The zero-order chi connectivity index (χ0) is 12.5. The molecule has 4 N–H and O–H groups in total. The first-order valence-electron chi connectivity index (χ1n) is 5.52. The van der Waals surface area contributed by atoms with Crippen LogP contribution >= 0.6 is 0 Å². The standard InChI is InChI=1S/C12H12N6/c1-14-10-3-2-8-12(17-10)18-11(16-8)7-4-5-15-9(13)6-7/h2-6H,1H3,(H2,13,15)(H2,14,16,17,18). The first-order valence-corrected chi connectivity index (χ1v) is 5.52. The number of nitrogens with one attached hydrogen (secondary N) is 2. The maximum absolute atomic E-state index is 5.66. The van der Waals surface area contributed by atoms with E-state index < -0.39 is 0 Å². The van der Waals surface area contributed by atoms with Crippen molar-refractivity contribution >= 4 is 22.8 Å². The number of aromatic nitrogens is 4. The normalized spacial score (nSPS) is 10.7. The van der Waals surface area contributed by atoms with E-state index in [1.807, 2.05) is 25.2 Å². The molecule has 0 aliphatic heterocycles. The Balaban J connectivity index is 2.13. The Kier molecular flexibility index (Phi) is 2.33. The highest BCUT2D eigenvalue weighted by molar-refractivity contribution is 5.77. The molecule has 3 aromatic heterocycles. The van der Waals surface area contributed by atoms with Crippen LogP contribution in [0.5, 0.6) is 0 Å². The average molecular weight is 240 g/mol. The smallest absolute Gasteiger partial charge is 0.180 e. The van der Waals surface area contributed by atoms with Crippen LogP contribution in [0.1, 0.15) is 0 Å². The van der Waals surface area contributed by atoms with Crippen molar-refractivity contribution in [1.82, 2.24) is 19.9 Å². The van der Waals surface area contributed by atoms with E-state index in [1.165, 1.54) is 0 Å². The zero-order valence-corrected chi connectivity index (χ0v) is 9.81. The van der Waals surface area contributed by atoms with E-state index in [2.05, 4.69) is 25.3 Å². The molecule has 0 aliphatic carbocycles. The van der Waals surface area contributed by atoms with E-state index in [0.29, 0.717) is 11.5 Å². The monoisotopic (exact) mass is 240 g/mol. The second-order valence-electron chi connectivity index (χ2n) is 3.87. The number of aromatic amines is 1. The molecule has 0 fully saturated rings. The van der Waals surface area contributed by atoms with Gasteiger partial charge in [-0.05, 0) is 24.3 Å². The van der Waals surface area contributed by atoms with Gasteiger partial charge in [-0.25, -0.2) is 15.0 Å². The minimum Gasteiger partial charge on any atom is -0.384 e. The highest BCUT2D eigenvalue weighted by atomic mass is 15.0. The molecule has 0 saturated carbocycles. The number of anilines is 2. The Morgan fingerprint density at radius 2 is 2.11 bits per heavy atom. The summed E-state index contributed by atoms with van der Waals surface area (Å²) in [7, 11) is 1.82. The third-order valence-electron chi connectivity index (χ3n) is 2.66. The lowest BCUT2D eigenvalue weighted by Crippen LogP contribution is -1.91. The van der Waals surface area contributed by atoms with Crippen LogP contribution in [0.15, 0.2) is 30.5 Å². The van der Waals surface area contributed by atoms with Gasteiger partial charge in [0.05, 0.1) is 5.52 Å². The number of hydrogen-bond acceptors (Lipinski definition) is 5. The minimum absolute atomic E-state index is 0.469. The molecular formula is C12H12N6. The second kappa shape index (κ2) is 3.99. The van der Waals surface area contributed by atoms with Crippen LogP contribution in [-0.2, 0) is 0 Å². The van der Waals surface area contributed by atoms with E-state index in [4.69, 9.17) is 5.73 Å². The van der Waals surface area contributed by atoms with Crippen LogP contribution in [-0.4, -0.2) is 27.0 Å². The van der Waals surface area contributed by atoms with Crippen LogP contribution in [0.2, 0.25) is 0 Å². The molecule has 0 atom stereocenters. The highest BCUT2D eigenvalue weighted by Crippen LogP contribution is 2.21. The van der Waals surface area contributed by atoms with Crippen molar-refractivity contribution in [1.29, 1.82) is 0 Å². The van der Waals surface area contributed by atoms with E-state index in [9.17, 15) is 0 Å². The summed E-state index contributed by atoms with van der Waals surface area (Å²) >= 11 is 0. The lowest BCUT2D eigenvalue weighted by atomic mass is 10.2. The number of pyridine rings is 2. The van der Waals surface area contributed by atoms with Crippen LogP contribution in [0, 0.1) is 0 Å². The summed E-state index contributed by atoms with van der Waals surface area (Å²) in [5.74, 6) is 1.99. The first-order chi connectivity index (χ1) is 8.76. The van der Waals surface area contributed by atoms with Gasteiger partial charge >= 0.3 is 0 Å². The van der Waals surface area contributed by atoms with Gasteiger partial charge in [-0.3, -0.25) is 0 Å². The number of nitrogens with two attached hydrogens (primary N) is 1. The van der Waals surface area contributed by atoms with Gasteiger partial charge in [0.1, 0.15) is 17.5 Å². The number of H-pyrrole nitrogens is 1. The predicted octanol–water partition coefficient (Wildman–Crippen LogP) is 1.64. The fourth-order valence-corrected chi connectivity index (χ4v) is 1.76. The van der Waals surface area contributed by atoms with Gasteiger partial charge in [-0.15, -0.1) is 0 Å². The van der Waals surface area contributed by atoms with Crippen molar-refractivity contribution in [2.75, 3.05) is 18.1 Å². The molecule has 0 unspecified atom stereocenters. The molecule has 0 amide bonds. The van der Waals surface area contributed by atoms with Crippen molar-refractivity contribution in [3.05, 3.63) is 30.5 Å². The van der Waals surface area contributed by atoms with Crippen LogP contribution in [0.25, 0.3) is 22.6 Å². The summed E-state index contributed by atoms with van der Waals surface area (Å²) in [5, 5.41) is 2.98. The van der Waals surface area contributed by atoms with Crippen molar-refractivity contribution in [2.24, 2.45) is 0 Å². The van der Waals surface area contributed by atoms with Gasteiger partial charge in [0.15, 0.2) is 5.65 Å². The quantitative estimate of drug-likeness (QED) is 0.633. The molecule has 18 heavy (non-hydrogen) atoms. The summed E-state index contributed by atoms with van der Waals surface area (Å²) in [5.41, 5.74) is 8.11. The predicted molar refractivity (Wildman–Crippen MR) is 71.1 cm³/mol. The van der Waals surface area contributed by atoms with Gasteiger partial charge in [-0.1, -0.05) is 0 Å². The van der Waals surface area contributed by atoms with E-state index in [1.54, 1.807) is 12.3 Å². The molecular weight excluding hydrogens is 228 g/mol. The van der Waals surface area contributed by atoms with Gasteiger partial charge in [0, 0.05) is 18.8 Å². The van der Waals surface area contributed by atoms with Crippen LogP contribution in [0.3, 0.4) is 0 Å². The molecule has 0 radical (unpaired) electrons. The number of nitrogens with zero attached hydrogens (tertiary/aromatic N) is 3. The molecule has 3 heterocycles. The second-order valence-corrected chi connectivity index (χ2v) is 3.87. The fraction of sp³-hybridized carbons (Fsp3) is 0.0833. The largest absolute Gasteiger partial charge is 0.384 e. The number of imidazole rings is 1. The van der Waals surface area contributed by atoms with Gasteiger partial charge in [-0.2, -0.15) is 0 Å². The summed E-state index contributed by atoms with van der Waals surface area (Å²) in [4.78, 5) is 16.0. The Labute approximate surface area is 103 Å². The summed E-state index contributed by atoms with van der Waals surface area (Å²) in [6, 6.07) is 7.46. The molecule has 90 valence electrons. The topological polar surface area (TPSA) is 92.5 Å². The van der Waals surface area contributed by atoms with Crippen molar-refractivity contribution in [3.8, 4) is 11.4 Å². The van der Waals surface area contributed by atoms with Gasteiger partial charge in [0.2, 0.25) is 0 Å². The first kappa shape index (κ1) is 10.5. The highest BCUT2D eigenvalue weighted by Gasteiger charge is 2.07. The van der Waals surface area contributed by atoms with E-state index >= 15 is 0 Å². The van der Waals surface area contributed by atoms with Crippen LogP contribution in [0.4, 0.5) is 11.6 Å². The summed E-state index contributed by atoms with van der Waals surface area (Å²) in [6.45, 7) is 0. The van der Waals surface area contributed by atoms with Crippen molar-refractivity contribution in [2.45, 2.75) is 0 Å². The number of nitrogen functional groups attached to an aromatic ring is 1. The van der Waals surface area contributed by atoms with Crippen molar-refractivity contribution in [3.63, 3.8) is 0 Å². The van der Waals surface area contributed by atoms with Crippen molar-refractivity contribution < 1.29 is 0 Å². The van der Waals surface area contributed by atoms with E-state index in [-0.39, 0.29) is 0 Å². The maximum atomic E-state index is 5.66. The summed E-state index contributed by atoms with van der Waals surface area (Å²) in [6.07, 6.45) is 1.66. The van der Waals surface area contributed by atoms with E-state index in [0.717, 1.165) is 22.7 Å². The average Bonchev–Trinajstić information content (AvgIpc) is 2.81. The molecule has 0 spiro atoms.